The van der Waals surface area contributed by atoms with Crippen LogP contribution in [0.3, 0.4) is 0 Å². The van der Waals surface area contributed by atoms with E-state index in [2.05, 4.69) is 63.9 Å². The zero-order valence-electron chi connectivity index (χ0n) is 10.7. The van der Waals surface area contributed by atoms with E-state index in [0.717, 1.165) is 12.8 Å². The maximum atomic E-state index is 3.60. The molecule has 1 heterocycles. The van der Waals surface area contributed by atoms with Gasteiger partial charge in [-0.05, 0) is 52.0 Å². The molecule has 0 saturated heterocycles. The maximum absolute atomic E-state index is 3.60. The molecule has 1 nitrogen and oxygen atoms in total. The fourth-order valence-electron chi connectivity index (χ4n) is 2.03. The molecule has 1 atom stereocenters. The van der Waals surface area contributed by atoms with Crippen molar-refractivity contribution in [2.24, 2.45) is 0 Å². The molecule has 0 bridgehead atoms. The maximum Gasteiger partial charge on any atom is 0.0366 e. The van der Waals surface area contributed by atoms with Crippen molar-refractivity contribution in [2.45, 2.75) is 25.8 Å². The third kappa shape index (κ3) is 3.22. The average Bonchev–Trinajstić information content (AvgIpc) is 2.81. The zero-order chi connectivity index (χ0) is 13.0. The highest BCUT2D eigenvalue weighted by atomic mass is 79.9. The number of hydrogen-bond donors (Lipinski definition) is 1. The number of halogens is 1. The van der Waals surface area contributed by atoms with Crippen molar-refractivity contribution in [2.75, 3.05) is 7.05 Å². The van der Waals surface area contributed by atoms with Crippen LogP contribution in [0.4, 0.5) is 0 Å². The lowest BCUT2D eigenvalue weighted by atomic mass is 10.0. The van der Waals surface area contributed by atoms with Crippen molar-refractivity contribution in [3.05, 3.63) is 56.2 Å². The van der Waals surface area contributed by atoms with Crippen LogP contribution in [-0.4, -0.2) is 7.05 Å². The van der Waals surface area contributed by atoms with Gasteiger partial charge >= 0.3 is 0 Å². The summed E-state index contributed by atoms with van der Waals surface area (Å²) >= 11 is 5.41. The second-order valence-corrected chi connectivity index (χ2v) is 6.19. The number of benzene rings is 1. The molecular formula is C15H18BrNS. The van der Waals surface area contributed by atoms with Crippen LogP contribution >= 0.6 is 27.3 Å². The Balaban J connectivity index is 2.15. The van der Waals surface area contributed by atoms with E-state index < -0.39 is 0 Å². The van der Waals surface area contributed by atoms with Gasteiger partial charge in [-0.25, -0.2) is 0 Å². The van der Waals surface area contributed by atoms with Crippen molar-refractivity contribution >= 4 is 27.3 Å². The third-order valence-corrected chi connectivity index (χ3v) is 5.17. The predicted molar refractivity (Wildman–Crippen MR) is 83.3 cm³/mol. The summed E-state index contributed by atoms with van der Waals surface area (Å²) in [5, 5.41) is 5.54. The highest BCUT2D eigenvalue weighted by Crippen LogP contribution is 2.28. The van der Waals surface area contributed by atoms with E-state index in [1.54, 1.807) is 0 Å². The summed E-state index contributed by atoms with van der Waals surface area (Å²) in [7, 11) is 2.03. The minimum atomic E-state index is 0.380. The molecule has 0 aliphatic carbocycles. The van der Waals surface area contributed by atoms with Crippen LogP contribution in [-0.2, 0) is 12.8 Å². The normalized spacial score (nSPS) is 12.6. The summed E-state index contributed by atoms with van der Waals surface area (Å²) in [5.74, 6) is 0. The Morgan fingerprint density at radius 2 is 1.94 bits per heavy atom. The molecule has 0 aliphatic heterocycles. The number of aryl methyl sites for hydroxylation is 1. The molecule has 0 fully saturated rings. The molecule has 1 aromatic carbocycles. The second-order valence-electron chi connectivity index (χ2n) is 4.33. The molecule has 3 heteroatoms. The topological polar surface area (TPSA) is 12.0 Å². The van der Waals surface area contributed by atoms with Crippen molar-refractivity contribution in [3.63, 3.8) is 0 Å². The molecule has 0 radical (unpaired) electrons. The van der Waals surface area contributed by atoms with Gasteiger partial charge in [-0.1, -0.05) is 31.2 Å². The number of nitrogens with one attached hydrogen (secondary N) is 1. The molecular weight excluding hydrogens is 306 g/mol. The van der Waals surface area contributed by atoms with E-state index >= 15 is 0 Å². The van der Waals surface area contributed by atoms with Gasteiger partial charge in [0.25, 0.3) is 0 Å². The van der Waals surface area contributed by atoms with Crippen molar-refractivity contribution in [1.82, 2.24) is 5.32 Å². The summed E-state index contributed by atoms with van der Waals surface area (Å²) in [4.78, 5) is 1.40. The Bertz CT molecular complexity index is 489. The minimum Gasteiger partial charge on any atom is -0.313 e. The van der Waals surface area contributed by atoms with Gasteiger partial charge in [0, 0.05) is 21.8 Å². The van der Waals surface area contributed by atoms with Gasteiger partial charge < -0.3 is 5.32 Å². The van der Waals surface area contributed by atoms with Crippen LogP contribution in [0.25, 0.3) is 0 Å². The number of likely N-dealkylation sites (N-methyl/N-ethyl adjacent to an activating group) is 1. The van der Waals surface area contributed by atoms with Gasteiger partial charge in [0.2, 0.25) is 0 Å². The third-order valence-electron chi connectivity index (χ3n) is 3.22. The Morgan fingerprint density at radius 3 is 2.44 bits per heavy atom. The molecule has 0 aliphatic rings. The average molecular weight is 324 g/mol. The van der Waals surface area contributed by atoms with Crippen LogP contribution in [0.5, 0.6) is 0 Å². The number of thiophene rings is 1. The SMILES string of the molecule is CCc1ccc(C(Cc2sccc2Br)NC)cc1. The molecule has 96 valence electrons. The molecule has 0 amide bonds. The van der Waals surface area contributed by atoms with E-state index in [-0.39, 0.29) is 0 Å². The van der Waals surface area contributed by atoms with Crippen molar-refractivity contribution < 1.29 is 0 Å². The van der Waals surface area contributed by atoms with Crippen molar-refractivity contribution in [3.8, 4) is 0 Å². The quantitative estimate of drug-likeness (QED) is 0.849. The summed E-state index contributed by atoms with van der Waals surface area (Å²) in [6.07, 6.45) is 2.13. The minimum absolute atomic E-state index is 0.380. The van der Waals surface area contributed by atoms with E-state index in [0.29, 0.717) is 6.04 Å². The lowest BCUT2D eigenvalue weighted by Crippen LogP contribution is -2.18. The van der Waals surface area contributed by atoms with E-state index in [4.69, 9.17) is 0 Å². The Hall–Kier alpha value is -0.640. The van der Waals surface area contributed by atoms with Crippen LogP contribution in [0.15, 0.2) is 40.2 Å². The summed E-state index contributed by atoms with van der Waals surface area (Å²) in [5.41, 5.74) is 2.75. The molecule has 1 unspecified atom stereocenters. The molecule has 0 spiro atoms. The number of rotatable bonds is 5. The molecule has 18 heavy (non-hydrogen) atoms. The Labute approximate surface area is 121 Å². The first kappa shape index (κ1) is 13.8. The van der Waals surface area contributed by atoms with Gasteiger partial charge in [-0.2, -0.15) is 0 Å². The lowest BCUT2D eigenvalue weighted by Gasteiger charge is -2.16. The summed E-state index contributed by atoms with van der Waals surface area (Å²) in [6.45, 7) is 2.19. The molecule has 1 aromatic heterocycles. The zero-order valence-corrected chi connectivity index (χ0v) is 13.1. The van der Waals surface area contributed by atoms with Crippen LogP contribution in [0.2, 0.25) is 0 Å². The van der Waals surface area contributed by atoms with Gasteiger partial charge in [-0.15, -0.1) is 11.3 Å². The Morgan fingerprint density at radius 1 is 1.22 bits per heavy atom. The van der Waals surface area contributed by atoms with Gasteiger partial charge in [0.05, 0.1) is 0 Å². The highest BCUT2D eigenvalue weighted by Gasteiger charge is 2.12. The van der Waals surface area contributed by atoms with E-state index in [9.17, 15) is 0 Å². The monoisotopic (exact) mass is 323 g/mol. The smallest absolute Gasteiger partial charge is 0.0366 e. The molecule has 2 rings (SSSR count). The van der Waals surface area contributed by atoms with Gasteiger partial charge in [0.1, 0.15) is 0 Å². The standard InChI is InChI=1S/C15H18BrNS/c1-3-11-4-6-12(7-5-11)14(17-2)10-15-13(16)8-9-18-15/h4-9,14,17H,3,10H2,1-2H3. The van der Waals surface area contributed by atoms with Crippen molar-refractivity contribution in [1.29, 1.82) is 0 Å². The fraction of sp³-hybridized carbons (Fsp3) is 0.333. The molecule has 1 N–H and O–H groups in total. The summed E-state index contributed by atoms with van der Waals surface area (Å²) in [6, 6.07) is 11.4. The first-order chi connectivity index (χ1) is 8.74. The molecule has 2 aromatic rings. The Kier molecular flexibility index (Phi) is 4.98. The lowest BCUT2D eigenvalue weighted by molar-refractivity contribution is 0.595. The fourth-order valence-corrected chi connectivity index (χ4v) is 3.59. The largest absolute Gasteiger partial charge is 0.313 e. The molecule has 0 saturated carbocycles. The number of hydrogen-bond acceptors (Lipinski definition) is 2. The van der Waals surface area contributed by atoms with E-state index in [1.807, 2.05) is 18.4 Å². The van der Waals surface area contributed by atoms with Crippen LogP contribution < -0.4 is 5.32 Å². The summed E-state index contributed by atoms with van der Waals surface area (Å²) < 4.78 is 1.22. The first-order valence-electron chi connectivity index (χ1n) is 6.22. The highest BCUT2D eigenvalue weighted by molar-refractivity contribution is 9.10. The van der Waals surface area contributed by atoms with Gasteiger partial charge in [0.15, 0.2) is 0 Å². The van der Waals surface area contributed by atoms with Gasteiger partial charge in [-0.3, -0.25) is 0 Å². The predicted octanol–water partition coefficient (Wildman–Crippen LogP) is 4.58. The first-order valence-corrected chi connectivity index (χ1v) is 7.89. The van der Waals surface area contributed by atoms with Crippen LogP contribution in [0.1, 0.15) is 29.0 Å². The van der Waals surface area contributed by atoms with Crippen LogP contribution in [0, 0.1) is 0 Å². The van der Waals surface area contributed by atoms with E-state index in [1.165, 1.54) is 20.5 Å². The second kappa shape index (κ2) is 6.50.